The maximum absolute atomic E-state index is 12.0. The summed E-state index contributed by atoms with van der Waals surface area (Å²) in [4.78, 5) is 23.3. The molecule has 7 nitrogen and oxygen atoms in total. The molecule has 0 saturated heterocycles. The van der Waals surface area contributed by atoms with E-state index in [0.29, 0.717) is 5.16 Å². The molecule has 0 saturated carbocycles. The minimum atomic E-state index is -0.422. The average molecular weight is 355 g/mol. The summed E-state index contributed by atoms with van der Waals surface area (Å²) >= 11 is 1.21. The number of aromatic hydroxyl groups is 1. The molecule has 0 aliphatic carbocycles. The number of H-pyrrole nitrogens is 1. The summed E-state index contributed by atoms with van der Waals surface area (Å²) in [6.07, 6.45) is 0. The Bertz CT molecular complexity index is 960. The standard InChI is InChI=1S/C17H17N5O2S/c1-9-5-4-6-12-14(9)20-16(24)15(12)22-21-13(23)8-25-17-18-10(2)7-11(3)19-17/h4-7,20,24H,8H2,1-3H3. The number of nitrogens with zero attached hydrogens (tertiary/aromatic N) is 4. The molecule has 0 fully saturated rings. The topological polar surface area (TPSA) is 104 Å². The Morgan fingerprint density at radius 1 is 1.24 bits per heavy atom. The van der Waals surface area contributed by atoms with Gasteiger partial charge in [-0.2, -0.15) is 0 Å². The third kappa shape index (κ3) is 3.85. The monoisotopic (exact) mass is 355 g/mol. The van der Waals surface area contributed by atoms with Crippen LogP contribution in [0.15, 0.2) is 39.7 Å². The van der Waals surface area contributed by atoms with Gasteiger partial charge in [-0.25, -0.2) is 9.97 Å². The van der Waals surface area contributed by atoms with Crippen molar-refractivity contribution >= 4 is 34.3 Å². The number of hydrogen-bond donors (Lipinski definition) is 2. The summed E-state index contributed by atoms with van der Waals surface area (Å²) in [6, 6.07) is 7.47. The zero-order chi connectivity index (χ0) is 18.0. The third-order valence-electron chi connectivity index (χ3n) is 3.54. The Balaban J connectivity index is 1.73. The molecule has 0 aliphatic heterocycles. The van der Waals surface area contributed by atoms with Crippen molar-refractivity contribution in [1.82, 2.24) is 15.0 Å². The second-order valence-electron chi connectivity index (χ2n) is 5.64. The van der Waals surface area contributed by atoms with E-state index < -0.39 is 5.91 Å². The normalized spacial score (nSPS) is 11.5. The van der Waals surface area contributed by atoms with Gasteiger partial charge in [0.05, 0.1) is 11.3 Å². The smallest absolute Gasteiger partial charge is 0.275 e. The molecule has 1 aromatic carbocycles. The van der Waals surface area contributed by atoms with Gasteiger partial charge in [0, 0.05) is 16.8 Å². The first kappa shape index (κ1) is 17.1. The summed E-state index contributed by atoms with van der Waals surface area (Å²) in [5, 5.41) is 18.9. The van der Waals surface area contributed by atoms with Crippen LogP contribution < -0.4 is 0 Å². The van der Waals surface area contributed by atoms with Crippen LogP contribution in [0.4, 0.5) is 5.69 Å². The fraction of sp³-hybridized carbons (Fsp3) is 0.235. The van der Waals surface area contributed by atoms with Gasteiger partial charge >= 0.3 is 0 Å². The largest absolute Gasteiger partial charge is 0.493 e. The van der Waals surface area contributed by atoms with Crippen LogP contribution in [0.5, 0.6) is 5.88 Å². The molecule has 3 aromatic rings. The second kappa shape index (κ2) is 7.02. The van der Waals surface area contributed by atoms with Crippen molar-refractivity contribution in [3.63, 3.8) is 0 Å². The lowest BCUT2D eigenvalue weighted by Crippen LogP contribution is -1.99. The quantitative estimate of drug-likeness (QED) is 0.418. The van der Waals surface area contributed by atoms with E-state index in [2.05, 4.69) is 25.2 Å². The van der Waals surface area contributed by atoms with Gasteiger partial charge in [0.25, 0.3) is 5.91 Å². The van der Waals surface area contributed by atoms with E-state index in [9.17, 15) is 9.90 Å². The van der Waals surface area contributed by atoms with E-state index in [0.717, 1.165) is 27.9 Å². The number of thioether (sulfide) groups is 1. The van der Waals surface area contributed by atoms with E-state index in [4.69, 9.17) is 0 Å². The van der Waals surface area contributed by atoms with Crippen LogP contribution in [0, 0.1) is 20.8 Å². The molecule has 3 rings (SSSR count). The predicted molar refractivity (Wildman–Crippen MR) is 96.5 cm³/mol. The second-order valence-corrected chi connectivity index (χ2v) is 6.58. The minimum absolute atomic E-state index is 0.0779. The van der Waals surface area contributed by atoms with Crippen LogP contribution in [-0.2, 0) is 4.79 Å². The first-order valence-electron chi connectivity index (χ1n) is 7.64. The Morgan fingerprint density at radius 2 is 1.96 bits per heavy atom. The van der Waals surface area contributed by atoms with Gasteiger partial charge in [-0.1, -0.05) is 30.0 Å². The van der Waals surface area contributed by atoms with E-state index in [1.807, 2.05) is 45.0 Å². The molecule has 8 heteroatoms. The zero-order valence-corrected chi connectivity index (χ0v) is 14.9. The molecule has 128 valence electrons. The number of azo groups is 1. The number of amides is 1. The van der Waals surface area contributed by atoms with Gasteiger partial charge in [-0.05, 0) is 32.4 Å². The summed E-state index contributed by atoms with van der Waals surface area (Å²) in [7, 11) is 0. The number of hydrogen-bond acceptors (Lipinski definition) is 6. The molecule has 0 spiro atoms. The van der Waals surface area contributed by atoms with E-state index in [-0.39, 0.29) is 17.3 Å². The van der Waals surface area contributed by atoms with E-state index in [1.165, 1.54) is 11.8 Å². The van der Waals surface area contributed by atoms with Crippen molar-refractivity contribution in [1.29, 1.82) is 0 Å². The first-order chi connectivity index (χ1) is 11.9. The first-order valence-corrected chi connectivity index (χ1v) is 8.62. The highest BCUT2D eigenvalue weighted by atomic mass is 32.2. The van der Waals surface area contributed by atoms with Gasteiger partial charge in [0.15, 0.2) is 10.8 Å². The molecule has 1 amide bonds. The highest BCUT2D eigenvalue weighted by Crippen LogP contribution is 2.36. The lowest BCUT2D eigenvalue weighted by molar-refractivity contribution is -0.115. The fourth-order valence-electron chi connectivity index (χ4n) is 2.46. The SMILES string of the molecule is Cc1cc(C)nc(SCC(=O)N=Nc2c(O)[nH]c3c(C)cccc23)n1. The summed E-state index contributed by atoms with van der Waals surface area (Å²) in [5.74, 6) is -0.450. The van der Waals surface area contributed by atoms with Gasteiger partial charge < -0.3 is 10.1 Å². The van der Waals surface area contributed by atoms with E-state index in [1.54, 1.807) is 0 Å². The number of aromatic amines is 1. The Morgan fingerprint density at radius 3 is 2.68 bits per heavy atom. The lowest BCUT2D eigenvalue weighted by Gasteiger charge is -2.00. The Labute approximate surface area is 148 Å². The molecule has 0 bridgehead atoms. The Kier molecular flexibility index (Phi) is 4.80. The predicted octanol–water partition coefficient (Wildman–Crippen LogP) is 3.99. The van der Waals surface area contributed by atoms with Crippen molar-refractivity contribution in [2.45, 2.75) is 25.9 Å². The van der Waals surface area contributed by atoms with Crippen LogP contribution in [0.2, 0.25) is 0 Å². The van der Waals surface area contributed by atoms with Gasteiger partial charge in [-0.3, -0.25) is 4.79 Å². The van der Waals surface area contributed by atoms with Crippen LogP contribution in [0.3, 0.4) is 0 Å². The number of benzene rings is 1. The molecular weight excluding hydrogens is 338 g/mol. The molecule has 2 N–H and O–H groups in total. The number of carbonyl (C=O) groups excluding carboxylic acids is 1. The fourth-order valence-corrected chi connectivity index (χ4v) is 3.18. The Hall–Kier alpha value is -2.74. The minimum Gasteiger partial charge on any atom is -0.493 e. The summed E-state index contributed by atoms with van der Waals surface area (Å²) in [6.45, 7) is 5.68. The number of aromatic nitrogens is 3. The number of aryl methyl sites for hydroxylation is 3. The van der Waals surface area contributed by atoms with Crippen LogP contribution in [0.1, 0.15) is 17.0 Å². The molecule has 2 aromatic heterocycles. The number of carbonyl (C=O) groups is 1. The number of fused-ring (bicyclic) bond motifs is 1. The van der Waals surface area contributed by atoms with Gasteiger partial charge in [0.2, 0.25) is 5.88 Å². The number of nitrogens with one attached hydrogen (secondary N) is 1. The highest BCUT2D eigenvalue weighted by molar-refractivity contribution is 7.99. The maximum Gasteiger partial charge on any atom is 0.275 e. The highest BCUT2D eigenvalue weighted by Gasteiger charge is 2.12. The maximum atomic E-state index is 12.0. The van der Waals surface area contributed by atoms with Crippen LogP contribution in [0.25, 0.3) is 10.9 Å². The zero-order valence-electron chi connectivity index (χ0n) is 14.1. The van der Waals surface area contributed by atoms with Crippen LogP contribution >= 0.6 is 11.8 Å². The van der Waals surface area contributed by atoms with Crippen LogP contribution in [-0.4, -0.2) is 31.7 Å². The summed E-state index contributed by atoms with van der Waals surface area (Å²) < 4.78 is 0. The number of para-hydroxylation sites is 1. The third-order valence-corrected chi connectivity index (χ3v) is 4.38. The van der Waals surface area contributed by atoms with E-state index >= 15 is 0 Å². The average Bonchev–Trinajstić information content (AvgIpc) is 2.87. The molecule has 0 radical (unpaired) electrons. The molecule has 0 atom stereocenters. The molecular formula is C17H17N5O2S. The van der Waals surface area contributed by atoms with Crippen molar-refractivity contribution < 1.29 is 9.90 Å². The van der Waals surface area contributed by atoms with Crippen molar-refractivity contribution in [3.8, 4) is 5.88 Å². The van der Waals surface area contributed by atoms with Crippen molar-refractivity contribution in [2.24, 2.45) is 10.2 Å². The molecule has 0 aliphatic rings. The summed E-state index contributed by atoms with van der Waals surface area (Å²) in [5.41, 5.74) is 3.72. The number of rotatable bonds is 4. The van der Waals surface area contributed by atoms with Gasteiger partial charge in [0.1, 0.15) is 0 Å². The lowest BCUT2D eigenvalue weighted by atomic mass is 10.1. The molecule has 2 heterocycles. The molecule has 0 unspecified atom stereocenters. The van der Waals surface area contributed by atoms with Crippen molar-refractivity contribution in [3.05, 3.63) is 41.2 Å². The molecule has 25 heavy (non-hydrogen) atoms. The van der Waals surface area contributed by atoms with Crippen molar-refractivity contribution in [2.75, 3.05) is 5.75 Å². The van der Waals surface area contributed by atoms with Gasteiger partial charge in [-0.15, -0.1) is 10.2 Å².